The van der Waals surface area contributed by atoms with Gasteiger partial charge in [0.15, 0.2) is 5.69 Å². The van der Waals surface area contributed by atoms with Crippen molar-refractivity contribution >= 4 is 40.8 Å². The molecule has 3 heterocycles. The SMILES string of the molecule is CSN1CCC(Nc2ncc(Cl)c(-c3sc(C4CC4)nc3C(F)(F)F)n2)CC1. The molecule has 2 aromatic heterocycles. The van der Waals surface area contributed by atoms with Crippen LogP contribution in [0, 0.1) is 0 Å². The van der Waals surface area contributed by atoms with Crippen LogP contribution in [-0.2, 0) is 6.18 Å². The van der Waals surface area contributed by atoms with Crippen LogP contribution in [-0.4, -0.2) is 44.6 Å². The number of hydrogen-bond donors (Lipinski definition) is 1. The summed E-state index contributed by atoms with van der Waals surface area (Å²) in [7, 11) is 0. The number of nitrogens with zero attached hydrogens (tertiary/aromatic N) is 4. The maximum atomic E-state index is 13.5. The molecule has 1 aliphatic carbocycles. The minimum atomic E-state index is -4.55. The molecule has 0 bridgehead atoms. The van der Waals surface area contributed by atoms with Gasteiger partial charge >= 0.3 is 6.18 Å². The Balaban J connectivity index is 1.61. The number of halogens is 4. The van der Waals surface area contributed by atoms with Gasteiger partial charge in [-0.2, -0.15) is 13.2 Å². The van der Waals surface area contributed by atoms with E-state index in [0.717, 1.165) is 50.1 Å². The van der Waals surface area contributed by atoms with Gasteiger partial charge in [0.2, 0.25) is 5.95 Å². The number of anilines is 1. The Bertz CT molecular complexity index is 848. The summed E-state index contributed by atoms with van der Waals surface area (Å²) in [5.41, 5.74) is -0.809. The number of alkyl halides is 3. The minimum absolute atomic E-state index is 0.0259. The van der Waals surface area contributed by atoms with Crippen molar-refractivity contribution in [3.8, 4) is 10.6 Å². The third kappa shape index (κ3) is 4.39. The predicted octanol–water partition coefficient (Wildman–Crippen LogP) is 5.30. The quantitative estimate of drug-likeness (QED) is 0.625. The summed E-state index contributed by atoms with van der Waals surface area (Å²) in [4.78, 5) is 12.4. The van der Waals surface area contributed by atoms with Crippen molar-refractivity contribution in [1.29, 1.82) is 0 Å². The second-order valence-corrected chi connectivity index (χ2v) is 9.24. The predicted molar refractivity (Wildman–Crippen MR) is 107 cm³/mol. The molecule has 0 aromatic carbocycles. The fraction of sp³-hybridized carbons (Fsp3) is 0.588. The monoisotopic (exact) mass is 449 g/mol. The van der Waals surface area contributed by atoms with Crippen LogP contribution in [0.1, 0.15) is 42.3 Å². The van der Waals surface area contributed by atoms with E-state index in [1.165, 1.54) is 6.20 Å². The third-order valence-corrected chi connectivity index (χ3v) is 7.23. The molecular formula is C17H19ClF3N5S2. The molecule has 0 amide bonds. The Kier molecular flexibility index (Phi) is 5.74. The largest absolute Gasteiger partial charge is 0.434 e. The van der Waals surface area contributed by atoms with E-state index in [4.69, 9.17) is 11.6 Å². The van der Waals surface area contributed by atoms with Crippen LogP contribution in [0.3, 0.4) is 0 Å². The lowest BCUT2D eigenvalue weighted by Crippen LogP contribution is -2.35. The number of aromatic nitrogens is 3. The molecule has 152 valence electrons. The molecule has 1 saturated carbocycles. The fourth-order valence-electron chi connectivity index (χ4n) is 3.16. The summed E-state index contributed by atoms with van der Waals surface area (Å²) in [6.07, 6.45) is 2.45. The Morgan fingerprint density at radius 2 is 1.93 bits per heavy atom. The van der Waals surface area contributed by atoms with Crippen molar-refractivity contribution in [1.82, 2.24) is 19.3 Å². The highest BCUT2D eigenvalue weighted by Gasteiger charge is 2.41. The molecule has 0 unspecified atom stereocenters. The third-order valence-electron chi connectivity index (χ3n) is 4.84. The maximum absolute atomic E-state index is 13.5. The van der Waals surface area contributed by atoms with Crippen LogP contribution in [0.4, 0.5) is 19.1 Å². The standard InChI is InChI=1S/C17H19ClF3N5S2/c1-27-26-6-4-10(5-7-26)23-16-22-8-11(18)12(24-16)13-14(17(19,20)21)25-15(28-13)9-2-3-9/h8-10H,2-7H2,1H3,(H,22,23,24). The van der Waals surface area contributed by atoms with E-state index in [2.05, 4.69) is 24.6 Å². The van der Waals surface area contributed by atoms with Crippen molar-refractivity contribution < 1.29 is 13.2 Å². The number of hydrogen-bond acceptors (Lipinski definition) is 7. The highest BCUT2D eigenvalue weighted by atomic mass is 35.5. The molecule has 2 fully saturated rings. The Hall–Kier alpha value is -1.10. The fourth-order valence-corrected chi connectivity index (χ4v) is 5.23. The van der Waals surface area contributed by atoms with Crippen LogP contribution in [0.2, 0.25) is 5.02 Å². The first-order chi connectivity index (χ1) is 13.3. The molecular weight excluding hydrogens is 431 g/mol. The molecule has 1 aliphatic heterocycles. The summed E-state index contributed by atoms with van der Waals surface area (Å²) >= 11 is 8.94. The Morgan fingerprint density at radius 1 is 1.21 bits per heavy atom. The van der Waals surface area contributed by atoms with E-state index in [9.17, 15) is 13.2 Å². The van der Waals surface area contributed by atoms with E-state index in [-0.39, 0.29) is 27.6 Å². The van der Waals surface area contributed by atoms with Crippen LogP contribution < -0.4 is 5.32 Å². The first-order valence-electron chi connectivity index (χ1n) is 9.01. The molecule has 4 rings (SSSR count). The number of thiazole rings is 1. The smallest absolute Gasteiger partial charge is 0.351 e. The summed E-state index contributed by atoms with van der Waals surface area (Å²) in [5.74, 6) is 0.427. The highest BCUT2D eigenvalue weighted by Crippen LogP contribution is 2.48. The molecule has 5 nitrogen and oxygen atoms in total. The normalized spacial score (nSPS) is 19.2. The number of rotatable bonds is 5. The van der Waals surface area contributed by atoms with Gasteiger partial charge in [0.25, 0.3) is 0 Å². The Labute approximate surface area is 174 Å². The van der Waals surface area contributed by atoms with Crippen molar-refractivity contribution in [2.45, 2.75) is 43.8 Å². The average Bonchev–Trinajstić information content (AvgIpc) is 3.41. The molecule has 2 aromatic rings. The van der Waals surface area contributed by atoms with Crippen molar-refractivity contribution in [3.05, 3.63) is 21.9 Å². The van der Waals surface area contributed by atoms with Crippen molar-refractivity contribution in [2.24, 2.45) is 0 Å². The molecule has 11 heteroatoms. The van der Waals surface area contributed by atoms with Gasteiger partial charge in [-0.25, -0.2) is 15.0 Å². The van der Waals surface area contributed by atoms with Gasteiger partial charge in [-0.05, 0) is 31.9 Å². The molecule has 0 spiro atoms. The van der Waals surface area contributed by atoms with Gasteiger partial charge in [-0.3, -0.25) is 4.31 Å². The summed E-state index contributed by atoms with van der Waals surface area (Å²) in [6, 6.07) is 0.183. The van der Waals surface area contributed by atoms with Gasteiger partial charge in [-0.15, -0.1) is 11.3 Å². The molecule has 0 atom stereocenters. The van der Waals surface area contributed by atoms with E-state index in [0.29, 0.717) is 11.0 Å². The van der Waals surface area contributed by atoms with Gasteiger partial charge in [0.05, 0.1) is 21.1 Å². The van der Waals surface area contributed by atoms with Crippen LogP contribution in [0.15, 0.2) is 6.20 Å². The zero-order chi connectivity index (χ0) is 19.9. The van der Waals surface area contributed by atoms with E-state index in [1.807, 2.05) is 6.26 Å². The summed E-state index contributed by atoms with van der Waals surface area (Å²) in [5, 5.41) is 3.86. The molecule has 1 N–H and O–H groups in total. The number of piperidine rings is 1. The Morgan fingerprint density at radius 3 is 2.54 bits per heavy atom. The molecule has 1 saturated heterocycles. The summed E-state index contributed by atoms with van der Waals surface area (Å²) in [6.45, 7) is 1.88. The average molecular weight is 450 g/mol. The van der Waals surface area contributed by atoms with E-state index < -0.39 is 11.9 Å². The number of nitrogens with one attached hydrogen (secondary N) is 1. The lowest BCUT2D eigenvalue weighted by Gasteiger charge is -2.30. The van der Waals surface area contributed by atoms with Gasteiger partial charge in [-0.1, -0.05) is 23.5 Å². The topological polar surface area (TPSA) is 53.9 Å². The van der Waals surface area contributed by atoms with Crippen LogP contribution in [0.25, 0.3) is 10.6 Å². The zero-order valence-corrected chi connectivity index (χ0v) is 17.5. The minimum Gasteiger partial charge on any atom is -0.351 e. The molecule has 2 aliphatic rings. The lowest BCUT2D eigenvalue weighted by molar-refractivity contribution is -0.140. The highest BCUT2D eigenvalue weighted by molar-refractivity contribution is 7.96. The first-order valence-corrected chi connectivity index (χ1v) is 11.4. The summed E-state index contributed by atoms with van der Waals surface area (Å²) < 4.78 is 42.9. The van der Waals surface area contributed by atoms with Crippen molar-refractivity contribution in [3.63, 3.8) is 0 Å². The maximum Gasteiger partial charge on any atom is 0.434 e. The molecule has 0 radical (unpaired) electrons. The van der Waals surface area contributed by atoms with Crippen LogP contribution in [0.5, 0.6) is 0 Å². The van der Waals surface area contributed by atoms with Gasteiger partial charge in [0, 0.05) is 25.0 Å². The van der Waals surface area contributed by atoms with Gasteiger partial charge < -0.3 is 5.32 Å². The second kappa shape index (κ2) is 7.97. The van der Waals surface area contributed by atoms with Crippen molar-refractivity contribution in [2.75, 3.05) is 24.7 Å². The lowest BCUT2D eigenvalue weighted by atomic mass is 10.1. The zero-order valence-electron chi connectivity index (χ0n) is 15.1. The van der Waals surface area contributed by atoms with Crippen LogP contribution >= 0.6 is 34.9 Å². The van der Waals surface area contributed by atoms with E-state index >= 15 is 0 Å². The first kappa shape index (κ1) is 20.2. The van der Waals surface area contributed by atoms with Gasteiger partial charge in [0.1, 0.15) is 5.69 Å². The second-order valence-electron chi connectivity index (χ2n) is 6.92. The molecule has 28 heavy (non-hydrogen) atoms. The van der Waals surface area contributed by atoms with E-state index in [1.54, 1.807) is 11.9 Å².